The Morgan fingerprint density at radius 3 is 2.54 bits per heavy atom. The SMILES string of the molecule is CN=C(NCCOc1cccc(C)c1)NCc1ccc(OC)cc1OC. The first-order chi connectivity index (χ1) is 12.7. The smallest absolute Gasteiger partial charge is 0.191 e. The van der Waals surface area contributed by atoms with Crippen molar-refractivity contribution >= 4 is 5.96 Å². The Morgan fingerprint density at radius 2 is 1.85 bits per heavy atom. The predicted molar refractivity (Wildman–Crippen MR) is 104 cm³/mol. The number of hydrogen-bond donors (Lipinski definition) is 2. The fraction of sp³-hybridized carbons (Fsp3) is 0.350. The number of ether oxygens (including phenoxy) is 3. The lowest BCUT2D eigenvalue weighted by atomic mass is 10.2. The molecule has 0 radical (unpaired) electrons. The highest BCUT2D eigenvalue weighted by atomic mass is 16.5. The summed E-state index contributed by atoms with van der Waals surface area (Å²) in [5, 5.41) is 6.50. The molecule has 0 saturated carbocycles. The van der Waals surface area contributed by atoms with Crippen LogP contribution in [0, 0.1) is 6.92 Å². The minimum absolute atomic E-state index is 0.552. The molecule has 2 aromatic carbocycles. The van der Waals surface area contributed by atoms with Crippen molar-refractivity contribution in [2.45, 2.75) is 13.5 Å². The largest absolute Gasteiger partial charge is 0.497 e. The molecule has 2 rings (SSSR count). The minimum Gasteiger partial charge on any atom is -0.497 e. The van der Waals surface area contributed by atoms with Crippen LogP contribution in [0.15, 0.2) is 47.5 Å². The van der Waals surface area contributed by atoms with E-state index in [-0.39, 0.29) is 0 Å². The molecule has 0 atom stereocenters. The molecule has 26 heavy (non-hydrogen) atoms. The lowest BCUT2D eigenvalue weighted by Gasteiger charge is -2.15. The van der Waals surface area contributed by atoms with E-state index in [2.05, 4.69) is 15.6 Å². The molecular formula is C20H27N3O3. The van der Waals surface area contributed by atoms with Crippen LogP contribution in [-0.2, 0) is 6.54 Å². The number of nitrogens with zero attached hydrogens (tertiary/aromatic N) is 1. The molecule has 0 aliphatic rings. The topological polar surface area (TPSA) is 64.1 Å². The highest BCUT2D eigenvalue weighted by Gasteiger charge is 2.06. The standard InChI is InChI=1S/C20H27N3O3/c1-15-6-5-7-18(12-15)26-11-10-22-20(21-2)23-14-16-8-9-17(24-3)13-19(16)25-4/h5-9,12-13H,10-11,14H2,1-4H3,(H2,21,22,23). The zero-order valence-corrected chi connectivity index (χ0v) is 15.8. The quantitative estimate of drug-likeness (QED) is 0.432. The maximum absolute atomic E-state index is 5.73. The van der Waals surface area contributed by atoms with Crippen LogP contribution in [0.5, 0.6) is 17.2 Å². The van der Waals surface area contributed by atoms with Gasteiger partial charge in [-0.1, -0.05) is 12.1 Å². The number of aryl methyl sites for hydroxylation is 1. The second kappa shape index (κ2) is 10.2. The van der Waals surface area contributed by atoms with E-state index in [4.69, 9.17) is 14.2 Å². The van der Waals surface area contributed by atoms with Crippen LogP contribution < -0.4 is 24.8 Å². The summed E-state index contributed by atoms with van der Waals surface area (Å²) in [4.78, 5) is 4.22. The van der Waals surface area contributed by atoms with E-state index in [1.165, 1.54) is 5.56 Å². The summed E-state index contributed by atoms with van der Waals surface area (Å²) in [6.45, 7) is 3.83. The average molecular weight is 357 g/mol. The van der Waals surface area contributed by atoms with Gasteiger partial charge in [0, 0.05) is 25.2 Å². The van der Waals surface area contributed by atoms with E-state index in [0.717, 1.165) is 22.8 Å². The van der Waals surface area contributed by atoms with Crippen LogP contribution in [0.1, 0.15) is 11.1 Å². The van der Waals surface area contributed by atoms with Gasteiger partial charge in [-0.15, -0.1) is 0 Å². The van der Waals surface area contributed by atoms with Crippen LogP contribution in [0.25, 0.3) is 0 Å². The number of guanidine groups is 1. The van der Waals surface area contributed by atoms with Crippen molar-refractivity contribution in [3.63, 3.8) is 0 Å². The van der Waals surface area contributed by atoms with Gasteiger partial charge in [0.05, 0.1) is 20.8 Å². The number of rotatable bonds is 8. The Labute approximate surface area is 155 Å². The summed E-state index contributed by atoms with van der Waals surface area (Å²) >= 11 is 0. The van der Waals surface area contributed by atoms with Gasteiger partial charge >= 0.3 is 0 Å². The number of methoxy groups -OCH3 is 2. The van der Waals surface area contributed by atoms with Gasteiger partial charge in [-0.2, -0.15) is 0 Å². The van der Waals surface area contributed by atoms with Crippen LogP contribution in [-0.4, -0.2) is 40.4 Å². The average Bonchev–Trinajstić information content (AvgIpc) is 2.67. The molecule has 2 N–H and O–H groups in total. The zero-order chi connectivity index (χ0) is 18.8. The van der Waals surface area contributed by atoms with Gasteiger partial charge in [0.15, 0.2) is 5.96 Å². The molecule has 0 fully saturated rings. The fourth-order valence-electron chi connectivity index (χ4n) is 2.44. The van der Waals surface area contributed by atoms with Gasteiger partial charge in [0.2, 0.25) is 0 Å². The normalized spacial score (nSPS) is 11.0. The second-order valence-corrected chi connectivity index (χ2v) is 5.70. The molecule has 0 unspecified atom stereocenters. The number of hydrogen-bond acceptors (Lipinski definition) is 4. The fourth-order valence-corrected chi connectivity index (χ4v) is 2.44. The van der Waals surface area contributed by atoms with Crippen molar-refractivity contribution in [1.29, 1.82) is 0 Å². The van der Waals surface area contributed by atoms with E-state index < -0.39 is 0 Å². The van der Waals surface area contributed by atoms with Gasteiger partial charge < -0.3 is 24.8 Å². The Kier molecular flexibility index (Phi) is 7.61. The Hall–Kier alpha value is -2.89. The molecule has 0 spiro atoms. The maximum atomic E-state index is 5.73. The van der Waals surface area contributed by atoms with Crippen LogP contribution >= 0.6 is 0 Å². The molecule has 0 bridgehead atoms. The van der Waals surface area contributed by atoms with Gasteiger partial charge in [0.1, 0.15) is 23.9 Å². The van der Waals surface area contributed by atoms with Crippen molar-refractivity contribution in [3.8, 4) is 17.2 Å². The highest BCUT2D eigenvalue weighted by molar-refractivity contribution is 5.79. The Bertz CT molecular complexity index is 732. The van der Waals surface area contributed by atoms with E-state index in [0.29, 0.717) is 25.7 Å². The van der Waals surface area contributed by atoms with Gasteiger partial charge in [-0.3, -0.25) is 4.99 Å². The molecule has 0 aliphatic carbocycles. The molecule has 0 aromatic heterocycles. The number of aliphatic imine (C=N–C) groups is 1. The lowest BCUT2D eigenvalue weighted by molar-refractivity contribution is 0.321. The van der Waals surface area contributed by atoms with Gasteiger partial charge in [-0.05, 0) is 36.8 Å². The second-order valence-electron chi connectivity index (χ2n) is 5.70. The van der Waals surface area contributed by atoms with E-state index >= 15 is 0 Å². The molecule has 140 valence electrons. The predicted octanol–water partition coefficient (Wildman–Crippen LogP) is 2.76. The first-order valence-corrected chi connectivity index (χ1v) is 8.51. The molecule has 6 nitrogen and oxygen atoms in total. The molecular weight excluding hydrogens is 330 g/mol. The summed E-state index contributed by atoms with van der Waals surface area (Å²) in [6, 6.07) is 13.7. The molecule has 6 heteroatoms. The van der Waals surface area contributed by atoms with Crippen LogP contribution in [0.4, 0.5) is 0 Å². The van der Waals surface area contributed by atoms with E-state index in [9.17, 15) is 0 Å². The Balaban J connectivity index is 1.79. The van der Waals surface area contributed by atoms with Crippen molar-refractivity contribution in [2.75, 3.05) is 34.4 Å². The van der Waals surface area contributed by atoms with Gasteiger partial charge in [-0.25, -0.2) is 0 Å². The summed E-state index contributed by atoms with van der Waals surface area (Å²) in [5.74, 6) is 3.12. The minimum atomic E-state index is 0.552. The first-order valence-electron chi connectivity index (χ1n) is 8.51. The zero-order valence-electron chi connectivity index (χ0n) is 15.8. The first kappa shape index (κ1) is 19.4. The third kappa shape index (κ3) is 5.88. The molecule has 0 aliphatic heterocycles. The third-order valence-electron chi connectivity index (χ3n) is 3.82. The number of nitrogens with one attached hydrogen (secondary N) is 2. The monoisotopic (exact) mass is 357 g/mol. The Morgan fingerprint density at radius 1 is 1.00 bits per heavy atom. The van der Waals surface area contributed by atoms with Crippen molar-refractivity contribution in [1.82, 2.24) is 10.6 Å². The van der Waals surface area contributed by atoms with Crippen molar-refractivity contribution in [3.05, 3.63) is 53.6 Å². The highest BCUT2D eigenvalue weighted by Crippen LogP contribution is 2.24. The van der Waals surface area contributed by atoms with Gasteiger partial charge in [0.25, 0.3) is 0 Å². The van der Waals surface area contributed by atoms with Crippen LogP contribution in [0.3, 0.4) is 0 Å². The maximum Gasteiger partial charge on any atom is 0.191 e. The summed E-state index contributed by atoms with van der Waals surface area (Å²) in [6.07, 6.45) is 0. The third-order valence-corrected chi connectivity index (χ3v) is 3.82. The summed E-state index contributed by atoms with van der Waals surface area (Å²) in [7, 11) is 5.02. The van der Waals surface area contributed by atoms with Crippen molar-refractivity contribution in [2.24, 2.45) is 4.99 Å². The van der Waals surface area contributed by atoms with Crippen LogP contribution in [0.2, 0.25) is 0 Å². The lowest BCUT2D eigenvalue weighted by Crippen LogP contribution is -2.38. The van der Waals surface area contributed by atoms with E-state index in [1.54, 1.807) is 21.3 Å². The van der Waals surface area contributed by atoms with E-state index in [1.807, 2.05) is 49.4 Å². The molecule has 2 aromatic rings. The number of benzene rings is 2. The van der Waals surface area contributed by atoms with Crippen molar-refractivity contribution < 1.29 is 14.2 Å². The molecule has 0 heterocycles. The summed E-state index contributed by atoms with van der Waals surface area (Å²) < 4.78 is 16.4. The summed E-state index contributed by atoms with van der Waals surface area (Å²) in [5.41, 5.74) is 2.20. The molecule has 0 saturated heterocycles. The molecule has 0 amide bonds.